The van der Waals surface area contributed by atoms with Crippen LogP contribution in [0.1, 0.15) is 12.0 Å². The summed E-state index contributed by atoms with van der Waals surface area (Å²) >= 11 is 0. The SMILES string of the molecule is O=C(NCc1ccccc1F)C1CC1C(=O)N1CCN(c2ccccn2)CC1. The molecule has 1 saturated heterocycles. The van der Waals surface area contributed by atoms with Crippen LogP contribution in [-0.4, -0.2) is 47.9 Å². The Labute approximate surface area is 163 Å². The summed E-state index contributed by atoms with van der Waals surface area (Å²) in [4.78, 5) is 33.4. The molecule has 2 aromatic rings. The first-order valence-electron chi connectivity index (χ1n) is 9.59. The number of carbonyl (C=O) groups is 2. The summed E-state index contributed by atoms with van der Waals surface area (Å²) in [5.41, 5.74) is 0.449. The standard InChI is InChI=1S/C21H23FN4O2/c22-18-6-2-1-5-15(18)14-24-20(27)16-13-17(16)21(28)26-11-9-25(10-12-26)19-7-3-4-8-23-19/h1-8,16-17H,9-14H2,(H,24,27). The highest BCUT2D eigenvalue weighted by Gasteiger charge is 2.49. The summed E-state index contributed by atoms with van der Waals surface area (Å²) < 4.78 is 13.6. The smallest absolute Gasteiger partial charge is 0.226 e. The minimum absolute atomic E-state index is 0.0479. The number of hydrogen-bond donors (Lipinski definition) is 1. The molecule has 1 aromatic heterocycles. The molecule has 2 unspecified atom stereocenters. The van der Waals surface area contributed by atoms with E-state index in [-0.39, 0.29) is 36.0 Å². The van der Waals surface area contributed by atoms with Gasteiger partial charge in [0, 0.05) is 44.5 Å². The minimum Gasteiger partial charge on any atom is -0.353 e. The van der Waals surface area contributed by atoms with E-state index in [4.69, 9.17) is 0 Å². The number of rotatable bonds is 5. The number of anilines is 1. The molecular formula is C21H23FN4O2. The number of pyridine rings is 1. The molecule has 1 saturated carbocycles. The zero-order valence-corrected chi connectivity index (χ0v) is 15.6. The fraction of sp³-hybridized carbons (Fsp3) is 0.381. The molecule has 2 atom stereocenters. The van der Waals surface area contributed by atoms with Crippen molar-refractivity contribution in [3.8, 4) is 0 Å². The van der Waals surface area contributed by atoms with Crippen molar-refractivity contribution in [2.75, 3.05) is 31.1 Å². The molecule has 2 aliphatic rings. The van der Waals surface area contributed by atoms with Gasteiger partial charge in [-0.3, -0.25) is 9.59 Å². The molecular weight excluding hydrogens is 359 g/mol. The average Bonchev–Trinajstić information content (AvgIpc) is 3.54. The predicted molar refractivity (Wildman–Crippen MR) is 103 cm³/mol. The number of hydrogen-bond acceptors (Lipinski definition) is 4. The van der Waals surface area contributed by atoms with E-state index in [0.29, 0.717) is 25.1 Å². The molecule has 6 nitrogen and oxygen atoms in total. The Bertz CT molecular complexity index is 852. The summed E-state index contributed by atoms with van der Waals surface area (Å²) in [6.07, 6.45) is 2.34. The van der Waals surface area contributed by atoms with Crippen molar-refractivity contribution in [1.82, 2.24) is 15.2 Å². The molecule has 0 bridgehead atoms. The van der Waals surface area contributed by atoms with Crippen molar-refractivity contribution in [2.24, 2.45) is 11.8 Å². The van der Waals surface area contributed by atoms with E-state index in [1.165, 1.54) is 6.07 Å². The molecule has 4 rings (SSSR count). The Balaban J connectivity index is 1.24. The lowest BCUT2D eigenvalue weighted by Crippen LogP contribution is -2.49. The zero-order chi connectivity index (χ0) is 19.5. The van der Waals surface area contributed by atoms with E-state index in [0.717, 1.165) is 18.9 Å². The normalized spacial score (nSPS) is 21.3. The van der Waals surface area contributed by atoms with Gasteiger partial charge in [0.2, 0.25) is 11.8 Å². The molecule has 1 aliphatic heterocycles. The lowest BCUT2D eigenvalue weighted by molar-refractivity contribution is -0.135. The number of carbonyl (C=O) groups excluding carboxylic acids is 2. The van der Waals surface area contributed by atoms with Crippen LogP contribution in [0.2, 0.25) is 0 Å². The van der Waals surface area contributed by atoms with Crippen molar-refractivity contribution < 1.29 is 14.0 Å². The van der Waals surface area contributed by atoms with E-state index in [9.17, 15) is 14.0 Å². The van der Waals surface area contributed by atoms with Gasteiger partial charge >= 0.3 is 0 Å². The second-order valence-corrected chi connectivity index (χ2v) is 7.26. The Kier molecular flexibility index (Phi) is 5.23. The van der Waals surface area contributed by atoms with Crippen molar-refractivity contribution >= 4 is 17.6 Å². The number of halogens is 1. The number of nitrogens with zero attached hydrogens (tertiary/aromatic N) is 3. The summed E-state index contributed by atoms with van der Waals surface area (Å²) in [6.45, 7) is 2.88. The van der Waals surface area contributed by atoms with Crippen LogP contribution >= 0.6 is 0 Å². The third-order valence-electron chi connectivity index (χ3n) is 5.42. The molecule has 7 heteroatoms. The van der Waals surface area contributed by atoms with Gasteiger partial charge in [0.25, 0.3) is 0 Å². The maximum atomic E-state index is 13.6. The van der Waals surface area contributed by atoms with Crippen LogP contribution in [-0.2, 0) is 16.1 Å². The summed E-state index contributed by atoms with van der Waals surface area (Å²) in [6, 6.07) is 12.2. The fourth-order valence-corrected chi connectivity index (χ4v) is 3.64. The predicted octanol–water partition coefficient (Wildman–Crippen LogP) is 1.82. The molecule has 1 N–H and O–H groups in total. The second-order valence-electron chi connectivity index (χ2n) is 7.26. The number of nitrogens with one attached hydrogen (secondary N) is 1. The maximum absolute atomic E-state index is 13.6. The van der Waals surface area contributed by atoms with Gasteiger partial charge in [0.15, 0.2) is 0 Å². The first kappa shape index (κ1) is 18.4. The molecule has 28 heavy (non-hydrogen) atoms. The highest BCUT2D eigenvalue weighted by molar-refractivity contribution is 5.92. The van der Waals surface area contributed by atoms with Crippen molar-refractivity contribution in [3.05, 3.63) is 60.0 Å². The van der Waals surface area contributed by atoms with E-state index in [1.807, 2.05) is 23.1 Å². The topological polar surface area (TPSA) is 65.5 Å². The van der Waals surface area contributed by atoms with Gasteiger partial charge in [0.1, 0.15) is 11.6 Å². The summed E-state index contributed by atoms with van der Waals surface area (Å²) in [5.74, 6) is -0.0843. The van der Waals surface area contributed by atoms with Crippen LogP contribution in [0.3, 0.4) is 0 Å². The Hall–Kier alpha value is -2.96. The Morgan fingerprint density at radius 2 is 1.79 bits per heavy atom. The van der Waals surface area contributed by atoms with E-state index in [1.54, 1.807) is 24.4 Å². The number of aromatic nitrogens is 1. The average molecular weight is 382 g/mol. The Morgan fingerprint density at radius 1 is 1.04 bits per heavy atom. The van der Waals surface area contributed by atoms with Crippen LogP contribution in [0.25, 0.3) is 0 Å². The lowest BCUT2D eigenvalue weighted by atomic mass is 10.2. The van der Waals surface area contributed by atoms with Crippen molar-refractivity contribution in [1.29, 1.82) is 0 Å². The lowest BCUT2D eigenvalue weighted by Gasteiger charge is -2.35. The molecule has 146 valence electrons. The summed E-state index contributed by atoms with van der Waals surface area (Å²) in [7, 11) is 0. The molecule has 0 spiro atoms. The van der Waals surface area contributed by atoms with Crippen LogP contribution in [0.4, 0.5) is 10.2 Å². The van der Waals surface area contributed by atoms with Crippen LogP contribution in [0, 0.1) is 17.7 Å². The van der Waals surface area contributed by atoms with Crippen LogP contribution < -0.4 is 10.2 Å². The molecule has 2 fully saturated rings. The first-order valence-corrected chi connectivity index (χ1v) is 9.59. The monoisotopic (exact) mass is 382 g/mol. The third-order valence-corrected chi connectivity index (χ3v) is 5.42. The third kappa shape index (κ3) is 3.98. The molecule has 1 aromatic carbocycles. The van der Waals surface area contributed by atoms with Gasteiger partial charge in [-0.15, -0.1) is 0 Å². The van der Waals surface area contributed by atoms with Gasteiger partial charge in [-0.25, -0.2) is 9.37 Å². The molecule has 2 amide bonds. The molecule has 1 aliphatic carbocycles. The van der Waals surface area contributed by atoms with E-state index < -0.39 is 0 Å². The minimum atomic E-state index is -0.336. The van der Waals surface area contributed by atoms with Crippen LogP contribution in [0.5, 0.6) is 0 Å². The van der Waals surface area contributed by atoms with E-state index in [2.05, 4.69) is 15.2 Å². The van der Waals surface area contributed by atoms with Gasteiger partial charge in [-0.05, 0) is 24.6 Å². The number of amides is 2. The van der Waals surface area contributed by atoms with E-state index >= 15 is 0 Å². The quantitative estimate of drug-likeness (QED) is 0.857. The van der Waals surface area contributed by atoms with Crippen molar-refractivity contribution in [3.63, 3.8) is 0 Å². The highest BCUT2D eigenvalue weighted by Crippen LogP contribution is 2.40. The molecule has 0 radical (unpaired) electrons. The zero-order valence-electron chi connectivity index (χ0n) is 15.6. The van der Waals surface area contributed by atoms with Gasteiger partial charge in [-0.1, -0.05) is 24.3 Å². The molecule has 2 heterocycles. The fourth-order valence-electron chi connectivity index (χ4n) is 3.64. The largest absolute Gasteiger partial charge is 0.353 e. The highest BCUT2D eigenvalue weighted by atomic mass is 19.1. The first-order chi connectivity index (χ1) is 13.6. The van der Waals surface area contributed by atoms with Crippen molar-refractivity contribution in [2.45, 2.75) is 13.0 Å². The summed E-state index contributed by atoms with van der Waals surface area (Å²) in [5, 5.41) is 2.75. The van der Waals surface area contributed by atoms with Gasteiger partial charge < -0.3 is 15.1 Å². The van der Waals surface area contributed by atoms with Gasteiger partial charge in [0.05, 0.1) is 11.8 Å². The van der Waals surface area contributed by atoms with Crippen LogP contribution in [0.15, 0.2) is 48.7 Å². The number of benzene rings is 1. The van der Waals surface area contributed by atoms with Gasteiger partial charge in [-0.2, -0.15) is 0 Å². The maximum Gasteiger partial charge on any atom is 0.226 e. The second kappa shape index (κ2) is 7.96. The number of piperazine rings is 1. The Morgan fingerprint density at radius 3 is 2.50 bits per heavy atom.